The van der Waals surface area contributed by atoms with Crippen molar-refractivity contribution in [3.8, 4) is 0 Å². The summed E-state index contributed by atoms with van der Waals surface area (Å²) >= 11 is 0. The van der Waals surface area contributed by atoms with Crippen LogP contribution in [-0.4, -0.2) is 84.1 Å². The fourth-order valence-electron chi connectivity index (χ4n) is 3.02. The molecule has 0 aliphatic carbocycles. The molecule has 23 heavy (non-hydrogen) atoms. The minimum Gasteiger partial charge on any atom is -0.444 e. The van der Waals surface area contributed by atoms with Crippen molar-refractivity contribution < 1.29 is 28.2 Å². The van der Waals surface area contributed by atoms with Crippen molar-refractivity contribution >= 4 is 6.09 Å². The summed E-state index contributed by atoms with van der Waals surface area (Å²) in [6.07, 6.45) is -1.77. The van der Waals surface area contributed by atoms with E-state index in [9.17, 15) is 18.7 Å². The van der Waals surface area contributed by atoms with Gasteiger partial charge in [0, 0.05) is 13.0 Å². The largest absolute Gasteiger partial charge is 0.444 e. The Hall–Kier alpha value is -0.990. The van der Waals surface area contributed by atoms with Crippen LogP contribution in [0.5, 0.6) is 0 Å². The van der Waals surface area contributed by atoms with Gasteiger partial charge < -0.3 is 14.6 Å². The van der Waals surface area contributed by atoms with E-state index >= 15 is 0 Å². The lowest BCUT2D eigenvalue weighted by Crippen LogP contribution is -2.49. The maximum absolute atomic E-state index is 13.8. The normalized spacial score (nSPS) is 31.0. The molecule has 2 rings (SSSR count). The molecule has 2 aliphatic heterocycles. The van der Waals surface area contributed by atoms with Crippen molar-refractivity contribution in [1.29, 1.82) is 0 Å². The summed E-state index contributed by atoms with van der Waals surface area (Å²) in [7, 11) is 1.74. The van der Waals surface area contributed by atoms with E-state index in [0.717, 1.165) is 4.90 Å². The van der Waals surface area contributed by atoms with E-state index in [0.29, 0.717) is 6.61 Å². The average molecular weight is 336 g/mol. The van der Waals surface area contributed by atoms with Gasteiger partial charge >= 0.3 is 6.09 Å². The molecule has 3 atom stereocenters. The number of aliphatic hydroxyl groups is 1. The van der Waals surface area contributed by atoms with Crippen LogP contribution in [0.2, 0.25) is 0 Å². The van der Waals surface area contributed by atoms with Gasteiger partial charge in [0.1, 0.15) is 5.60 Å². The molecule has 134 valence electrons. The summed E-state index contributed by atoms with van der Waals surface area (Å²) in [5, 5.41) is 9.84. The molecule has 2 aliphatic rings. The number of rotatable bonds is 3. The molecule has 6 nitrogen and oxygen atoms in total. The number of nitrogens with zero attached hydrogens (tertiary/aromatic N) is 2. The second-order valence-electron chi connectivity index (χ2n) is 7.43. The molecule has 0 aromatic carbocycles. The molecule has 2 fully saturated rings. The van der Waals surface area contributed by atoms with Crippen molar-refractivity contribution in [2.45, 2.75) is 56.9 Å². The molecule has 0 aromatic heterocycles. The SMILES string of the molecule is CN(C[C@@H]1CC(F)(F)CN1C(=O)OC(C)(C)C)[C@@H]1COC[C@H]1O. The summed E-state index contributed by atoms with van der Waals surface area (Å²) in [5.41, 5.74) is -0.735. The first-order valence-electron chi connectivity index (χ1n) is 7.82. The maximum Gasteiger partial charge on any atom is 0.410 e. The number of aliphatic hydroxyl groups excluding tert-OH is 1. The Kier molecular flexibility index (Phi) is 5.18. The summed E-state index contributed by atoms with van der Waals surface area (Å²) in [5.74, 6) is -2.92. The highest BCUT2D eigenvalue weighted by atomic mass is 19.3. The lowest BCUT2D eigenvalue weighted by atomic mass is 10.1. The smallest absolute Gasteiger partial charge is 0.410 e. The fraction of sp³-hybridized carbons (Fsp3) is 0.933. The monoisotopic (exact) mass is 336 g/mol. The van der Waals surface area contributed by atoms with E-state index in [1.165, 1.54) is 0 Å². The predicted molar refractivity (Wildman–Crippen MR) is 79.5 cm³/mol. The van der Waals surface area contributed by atoms with Gasteiger partial charge in [-0.3, -0.25) is 9.80 Å². The Balaban J connectivity index is 2.03. The van der Waals surface area contributed by atoms with Gasteiger partial charge in [-0.05, 0) is 27.8 Å². The van der Waals surface area contributed by atoms with Gasteiger partial charge in [-0.2, -0.15) is 0 Å². The lowest BCUT2D eigenvalue weighted by Gasteiger charge is -2.32. The molecule has 8 heteroatoms. The molecule has 0 spiro atoms. The van der Waals surface area contributed by atoms with E-state index in [1.54, 1.807) is 32.7 Å². The van der Waals surface area contributed by atoms with Crippen LogP contribution in [0.4, 0.5) is 13.6 Å². The molecule has 0 aromatic rings. The number of carbonyl (C=O) groups is 1. The first kappa shape index (κ1) is 18.4. The molecular formula is C15H26F2N2O4. The molecule has 0 unspecified atom stereocenters. The van der Waals surface area contributed by atoms with E-state index in [1.807, 2.05) is 0 Å². The third-order valence-electron chi connectivity index (χ3n) is 4.09. The maximum atomic E-state index is 13.8. The highest BCUT2D eigenvalue weighted by Gasteiger charge is 2.49. The summed E-state index contributed by atoms with van der Waals surface area (Å²) in [6.45, 7) is 5.30. The number of hydrogen-bond donors (Lipinski definition) is 1. The Morgan fingerprint density at radius 1 is 1.43 bits per heavy atom. The number of carbonyl (C=O) groups excluding carboxylic acids is 1. The molecule has 0 radical (unpaired) electrons. The molecular weight excluding hydrogens is 310 g/mol. The highest BCUT2D eigenvalue weighted by molar-refractivity contribution is 5.69. The molecule has 1 amide bonds. The number of halogens is 2. The van der Waals surface area contributed by atoms with Crippen LogP contribution in [0, 0.1) is 0 Å². The number of alkyl halides is 2. The van der Waals surface area contributed by atoms with Crippen LogP contribution in [-0.2, 0) is 9.47 Å². The Bertz CT molecular complexity index is 442. The molecule has 2 saturated heterocycles. The Labute approximate surface area is 135 Å². The van der Waals surface area contributed by atoms with Crippen LogP contribution >= 0.6 is 0 Å². The van der Waals surface area contributed by atoms with Gasteiger partial charge in [-0.25, -0.2) is 13.6 Å². The van der Waals surface area contributed by atoms with Crippen LogP contribution in [0.15, 0.2) is 0 Å². The second-order valence-corrected chi connectivity index (χ2v) is 7.43. The quantitative estimate of drug-likeness (QED) is 0.842. The molecule has 1 N–H and O–H groups in total. The van der Waals surface area contributed by atoms with E-state index in [4.69, 9.17) is 9.47 Å². The number of amides is 1. The summed E-state index contributed by atoms with van der Waals surface area (Å²) < 4.78 is 38.0. The van der Waals surface area contributed by atoms with Crippen molar-refractivity contribution in [1.82, 2.24) is 9.80 Å². The van der Waals surface area contributed by atoms with Gasteiger partial charge in [-0.15, -0.1) is 0 Å². The third kappa shape index (κ3) is 4.74. The standard InChI is InChI=1S/C15H26F2N2O4/c1-14(2,3)23-13(21)19-9-15(16,17)5-10(19)6-18(4)11-7-22-8-12(11)20/h10-12,20H,5-9H2,1-4H3/t10-,11+,12+/m0/s1. The third-order valence-corrected chi connectivity index (χ3v) is 4.09. The van der Waals surface area contributed by atoms with Crippen LogP contribution < -0.4 is 0 Å². The van der Waals surface area contributed by atoms with Crippen molar-refractivity contribution in [2.24, 2.45) is 0 Å². The van der Waals surface area contributed by atoms with Crippen LogP contribution in [0.25, 0.3) is 0 Å². The number of likely N-dealkylation sites (N-methyl/N-ethyl adjacent to an activating group) is 1. The minimum atomic E-state index is -2.92. The van der Waals surface area contributed by atoms with Crippen molar-refractivity contribution in [2.75, 3.05) is 33.4 Å². The topological polar surface area (TPSA) is 62.2 Å². The fourth-order valence-corrected chi connectivity index (χ4v) is 3.02. The average Bonchev–Trinajstić information content (AvgIpc) is 2.90. The minimum absolute atomic E-state index is 0.236. The van der Waals surface area contributed by atoms with E-state index < -0.39 is 42.7 Å². The zero-order valence-electron chi connectivity index (χ0n) is 14.1. The van der Waals surface area contributed by atoms with E-state index in [-0.39, 0.29) is 19.2 Å². The number of likely N-dealkylation sites (tertiary alicyclic amines) is 1. The summed E-state index contributed by atoms with van der Waals surface area (Å²) in [6, 6.07) is -0.901. The zero-order chi connectivity index (χ0) is 17.4. The van der Waals surface area contributed by atoms with Crippen molar-refractivity contribution in [3.63, 3.8) is 0 Å². The van der Waals surface area contributed by atoms with Gasteiger partial charge in [0.2, 0.25) is 0 Å². The van der Waals surface area contributed by atoms with Gasteiger partial charge in [0.05, 0.1) is 37.9 Å². The van der Waals surface area contributed by atoms with Gasteiger partial charge in [-0.1, -0.05) is 0 Å². The number of ether oxygens (including phenoxy) is 2. The summed E-state index contributed by atoms with van der Waals surface area (Å²) in [4.78, 5) is 15.1. The Morgan fingerprint density at radius 2 is 2.09 bits per heavy atom. The van der Waals surface area contributed by atoms with Gasteiger partial charge in [0.25, 0.3) is 5.92 Å². The first-order chi connectivity index (χ1) is 10.5. The zero-order valence-corrected chi connectivity index (χ0v) is 14.1. The molecule has 0 bridgehead atoms. The predicted octanol–water partition coefficient (Wildman–Crippen LogP) is 1.32. The number of hydrogen-bond acceptors (Lipinski definition) is 5. The van der Waals surface area contributed by atoms with Gasteiger partial charge in [0.15, 0.2) is 0 Å². The highest BCUT2D eigenvalue weighted by Crippen LogP contribution is 2.33. The lowest BCUT2D eigenvalue weighted by molar-refractivity contribution is -0.00286. The molecule has 0 saturated carbocycles. The van der Waals surface area contributed by atoms with Crippen molar-refractivity contribution in [3.05, 3.63) is 0 Å². The Morgan fingerprint density at radius 3 is 2.61 bits per heavy atom. The van der Waals surface area contributed by atoms with Crippen LogP contribution in [0.3, 0.4) is 0 Å². The van der Waals surface area contributed by atoms with Crippen LogP contribution in [0.1, 0.15) is 27.2 Å². The molecule has 2 heterocycles. The van der Waals surface area contributed by atoms with E-state index in [2.05, 4.69) is 0 Å². The first-order valence-corrected chi connectivity index (χ1v) is 7.82. The second kappa shape index (κ2) is 6.49.